The Morgan fingerprint density at radius 1 is 0.926 bits per heavy atom. The molecule has 0 saturated heterocycles. The summed E-state index contributed by atoms with van der Waals surface area (Å²) in [6.07, 6.45) is 2.40. The summed E-state index contributed by atoms with van der Waals surface area (Å²) in [6, 6.07) is 17.3. The van der Waals surface area contributed by atoms with Crippen LogP contribution in [-0.4, -0.2) is 16.1 Å². The van der Waals surface area contributed by atoms with E-state index in [9.17, 15) is 9.59 Å². The maximum atomic E-state index is 13.3. The summed E-state index contributed by atoms with van der Waals surface area (Å²) in [7, 11) is 0. The summed E-state index contributed by atoms with van der Waals surface area (Å²) >= 11 is 0. The molecule has 2 aromatic carbocycles. The Morgan fingerprint density at radius 3 is 2.22 bits per heavy atom. The summed E-state index contributed by atoms with van der Waals surface area (Å²) in [5, 5.41) is 0. The monoisotopic (exact) mass is 357 g/mol. The molecule has 0 radical (unpaired) electrons. The average Bonchev–Trinajstić information content (AvgIpc) is 3.48. The first-order chi connectivity index (χ1) is 13.1. The number of hydrogen-bond acceptors (Lipinski definition) is 2. The summed E-state index contributed by atoms with van der Waals surface area (Å²) in [5.74, 6) is 1.51. The quantitative estimate of drug-likeness (QED) is 0.526. The highest BCUT2D eigenvalue weighted by Gasteiger charge is 2.44. The second-order valence-electron chi connectivity index (χ2n) is 7.57. The molecule has 0 bridgehead atoms. The van der Waals surface area contributed by atoms with Gasteiger partial charge in [-0.05, 0) is 24.3 Å². The standard InChI is InChI=1S/C23H21N2O2/c1-15-24(13-16-7-3-2-4-8-16)20-21(25(15)14-17-11-12-17)23(27)19-10-6-5-9-18(19)22(20)26/h2-10,17H,11-14H2,1H3/q+1. The maximum absolute atomic E-state index is 13.3. The minimum Gasteiger partial charge on any atom is -0.284 e. The Labute approximate surface area is 158 Å². The molecule has 2 aliphatic rings. The van der Waals surface area contributed by atoms with Crippen LogP contribution in [0.5, 0.6) is 0 Å². The maximum Gasteiger partial charge on any atom is 0.254 e. The van der Waals surface area contributed by atoms with E-state index in [4.69, 9.17) is 0 Å². The Bertz CT molecular complexity index is 1080. The first-order valence-electron chi connectivity index (χ1n) is 9.50. The predicted molar refractivity (Wildman–Crippen MR) is 101 cm³/mol. The zero-order chi connectivity index (χ0) is 18.5. The van der Waals surface area contributed by atoms with Crippen LogP contribution in [0.1, 0.15) is 56.3 Å². The van der Waals surface area contributed by atoms with Gasteiger partial charge in [0.1, 0.15) is 6.54 Å². The van der Waals surface area contributed by atoms with Gasteiger partial charge >= 0.3 is 0 Å². The number of rotatable bonds is 4. The van der Waals surface area contributed by atoms with E-state index in [2.05, 4.69) is 16.7 Å². The van der Waals surface area contributed by atoms with E-state index < -0.39 is 0 Å². The van der Waals surface area contributed by atoms with Gasteiger partial charge in [0.2, 0.25) is 23.0 Å². The van der Waals surface area contributed by atoms with Crippen molar-refractivity contribution in [2.45, 2.75) is 32.9 Å². The van der Waals surface area contributed by atoms with E-state index in [-0.39, 0.29) is 11.6 Å². The molecule has 0 unspecified atom stereocenters. The summed E-state index contributed by atoms with van der Waals surface area (Å²) < 4.78 is 4.12. The molecular formula is C23H21N2O2+. The van der Waals surface area contributed by atoms with E-state index >= 15 is 0 Å². The van der Waals surface area contributed by atoms with Crippen LogP contribution < -0.4 is 4.57 Å². The van der Waals surface area contributed by atoms with Crippen LogP contribution >= 0.6 is 0 Å². The summed E-state index contributed by atoms with van der Waals surface area (Å²) in [5.41, 5.74) is 3.27. The van der Waals surface area contributed by atoms with E-state index in [1.54, 1.807) is 12.1 Å². The molecule has 3 aromatic rings. The second-order valence-corrected chi connectivity index (χ2v) is 7.57. The van der Waals surface area contributed by atoms with E-state index in [1.807, 2.05) is 41.8 Å². The first-order valence-corrected chi connectivity index (χ1v) is 9.50. The van der Waals surface area contributed by atoms with Crippen LogP contribution in [0.3, 0.4) is 0 Å². The van der Waals surface area contributed by atoms with Crippen molar-refractivity contribution in [2.75, 3.05) is 0 Å². The van der Waals surface area contributed by atoms with Crippen molar-refractivity contribution in [2.24, 2.45) is 5.92 Å². The summed E-state index contributed by atoms with van der Waals surface area (Å²) in [4.78, 5) is 26.7. The third-order valence-corrected chi connectivity index (χ3v) is 5.71. The highest BCUT2D eigenvalue weighted by Crippen LogP contribution is 2.34. The third kappa shape index (κ3) is 2.55. The van der Waals surface area contributed by atoms with Crippen LogP contribution in [-0.2, 0) is 13.1 Å². The molecule has 1 fully saturated rings. The topological polar surface area (TPSA) is 43.0 Å². The average molecular weight is 357 g/mol. The highest BCUT2D eigenvalue weighted by molar-refractivity contribution is 6.26. The predicted octanol–water partition coefficient (Wildman–Crippen LogP) is 3.32. The van der Waals surface area contributed by atoms with Crippen LogP contribution in [0.4, 0.5) is 0 Å². The van der Waals surface area contributed by atoms with Gasteiger partial charge in [-0.2, -0.15) is 0 Å². The lowest BCUT2D eigenvalue weighted by atomic mass is 9.90. The number of fused-ring (bicyclic) bond motifs is 2. The van der Waals surface area contributed by atoms with Crippen LogP contribution in [0.25, 0.3) is 0 Å². The fourth-order valence-electron chi connectivity index (χ4n) is 4.06. The molecule has 4 heteroatoms. The molecule has 1 aromatic heterocycles. The number of ketones is 2. The van der Waals surface area contributed by atoms with Gasteiger partial charge in [0.05, 0.1) is 6.54 Å². The summed E-state index contributed by atoms with van der Waals surface area (Å²) in [6.45, 7) is 3.43. The van der Waals surface area contributed by atoms with Gasteiger partial charge in [-0.15, -0.1) is 0 Å². The van der Waals surface area contributed by atoms with Crippen molar-refractivity contribution in [3.63, 3.8) is 0 Å². The van der Waals surface area contributed by atoms with Gasteiger partial charge in [0.15, 0.2) is 0 Å². The number of carbonyl (C=O) groups is 2. The van der Waals surface area contributed by atoms with Crippen molar-refractivity contribution < 1.29 is 14.2 Å². The SMILES string of the molecule is Cc1n(CC2CC2)c2c([n+]1Cc1ccccc1)C(=O)c1ccccc1C2=O. The molecule has 0 atom stereocenters. The van der Waals surface area contributed by atoms with Crippen LogP contribution in [0.2, 0.25) is 0 Å². The van der Waals surface area contributed by atoms with Gasteiger partial charge < -0.3 is 0 Å². The first kappa shape index (κ1) is 16.2. The van der Waals surface area contributed by atoms with Gasteiger partial charge in [0.25, 0.3) is 5.82 Å². The normalized spacial score (nSPS) is 15.6. The zero-order valence-corrected chi connectivity index (χ0v) is 15.3. The molecule has 2 aliphatic carbocycles. The lowest BCUT2D eigenvalue weighted by molar-refractivity contribution is -0.695. The highest BCUT2D eigenvalue weighted by atomic mass is 16.1. The number of carbonyl (C=O) groups excluding carboxylic acids is 2. The largest absolute Gasteiger partial charge is 0.284 e. The molecule has 0 amide bonds. The van der Waals surface area contributed by atoms with Gasteiger partial charge in [0, 0.05) is 18.1 Å². The van der Waals surface area contributed by atoms with E-state index in [1.165, 1.54) is 12.8 Å². The van der Waals surface area contributed by atoms with Crippen molar-refractivity contribution >= 4 is 11.6 Å². The Balaban J connectivity index is 1.72. The molecule has 27 heavy (non-hydrogen) atoms. The minimum absolute atomic E-state index is 0.0317. The van der Waals surface area contributed by atoms with Crippen molar-refractivity contribution in [1.82, 2.24) is 4.57 Å². The molecule has 5 rings (SSSR count). The van der Waals surface area contributed by atoms with Crippen molar-refractivity contribution in [3.05, 3.63) is 88.5 Å². The number of benzene rings is 2. The van der Waals surface area contributed by atoms with Gasteiger partial charge in [-0.3, -0.25) is 9.59 Å². The van der Waals surface area contributed by atoms with Crippen LogP contribution in [0.15, 0.2) is 54.6 Å². The molecule has 134 valence electrons. The minimum atomic E-state index is -0.0474. The molecule has 1 heterocycles. The van der Waals surface area contributed by atoms with Crippen molar-refractivity contribution in [3.8, 4) is 0 Å². The Kier molecular flexibility index (Phi) is 3.61. The number of imidazole rings is 1. The second kappa shape index (κ2) is 6.02. The van der Waals surface area contributed by atoms with Crippen molar-refractivity contribution in [1.29, 1.82) is 0 Å². The van der Waals surface area contributed by atoms with E-state index in [0.717, 1.165) is 17.9 Å². The Hall–Kier alpha value is -3.01. The van der Waals surface area contributed by atoms with Gasteiger partial charge in [-0.25, -0.2) is 9.13 Å². The fraction of sp³-hybridized carbons (Fsp3) is 0.261. The molecular weight excluding hydrogens is 336 g/mol. The molecule has 1 saturated carbocycles. The molecule has 0 N–H and O–H groups in total. The van der Waals surface area contributed by atoms with Gasteiger partial charge in [-0.1, -0.05) is 54.6 Å². The lowest BCUT2D eigenvalue weighted by Crippen LogP contribution is -2.43. The number of aromatic nitrogens is 2. The number of hydrogen-bond donors (Lipinski definition) is 0. The molecule has 4 nitrogen and oxygen atoms in total. The van der Waals surface area contributed by atoms with E-state index in [0.29, 0.717) is 35.0 Å². The molecule has 0 spiro atoms. The number of nitrogens with zero attached hydrogens (tertiary/aromatic N) is 2. The molecule has 0 aliphatic heterocycles. The Morgan fingerprint density at radius 2 is 1.56 bits per heavy atom. The lowest BCUT2D eigenvalue weighted by Gasteiger charge is -2.13. The fourth-order valence-corrected chi connectivity index (χ4v) is 4.06. The smallest absolute Gasteiger partial charge is 0.254 e. The van der Waals surface area contributed by atoms with Crippen LogP contribution in [0, 0.1) is 12.8 Å². The zero-order valence-electron chi connectivity index (χ0n) is 15.3. The third-order valence-electron chi connectivity index (χ3n) is 5.71.